The van der Waals surface area contributed by atoms with Crippen LogP contribution in [-0.4, -0.2) is 43.1 Å². The van der Waals surface area contributed by atoms with Gasteiger partial charge in [0.25, 0.3) is 0 Å². The van der Waals surface area contributed by atoms with E-state index in [1.165, 1.54) is 70.6 Å². The summed E-state index contributed by atoms with van der Waals surface area (Å²) in [4.78, 5) is 4.60. The molecule has 5 heteroatoms. The van der Waals surface area contributed by atoms with Crippen molar-refractivity contribution in [1.29, 1.82) is 0 Å². The van der Waals surface area contributed by atoms with Crippen LogP contribution in [0, 0.1) is 35.5 Å². The van der Waals surface area contributed by atoms with Crippen molar-refractivity contribution in [2.75, 3.05) is 6.54 Å². The molecule has 0 aromatic carbocycles. The minimum absolute atomic E-state index is 0.0445. The lowest BCUT2D eigenvalue weighted by molar-refractivity contribution is -0.213. The molecule has 0 amide bonds. The molecule has 2 N–H and O–H groups in total. The highest BCUT2D eigenvalue weighted by Crippen LogP contribution is 2.48. The van der Waals surface area contributed by atoms with Crippen LogP contribution in [0.25, 0.3) is 0 Å². The summed E-state index contributed by atoms with van der Waals surface area (Å²) in [6.07, 6.45) is 17.9. The molecule has 2 bridgehead atoms. The van der Waals surface area contributed by atoms with Crippen LogP contribution in [-0.2, 0) is 0 Å². The van der Waals surface area contributed by atoms with Gasteiger partial charge >= 0.3 is 0 Å². The van der Waals surface area contributed by atoms with E-state index in [-0.39, 0.29) is 23.0 Å². The van der Waals surface area contributed by atoms with Crippen LogP contribution in [0.3, 0.4) is 0 Å². The minimum atomic E-state index is -0.327. The van der Waals surface area contributed by atoms with E-state index in [1.807, 2.05) is 24.4 Å². The molecular weight excluding hydrogens is 482 g/mol. The fourth-order valence-electron chi connectivity index (χ4n) is 8.98. The first-order chi connectivity index (χ1) is 18.5. The molecule has 222 valence electrons. The van der Waals surface area contributed by atoms with Gasteiger partial charge in [0.2, 0.25) is 0 Å². The SMILES string of the molecule is CC(CCN(O)C12CCCC(CC(C)C1)C2)CC1CCCCC1CC(C)(C)N(O)C(c1ccccn1)C(C)C. The highest BCUT2D eigenvalue weighted by molar-refractivity contribution is 5.10. The van der Waals surface area contributed by atoms with Crippen molar-refractivity contribution < 1.29 is 10.4 Å². The topological polar surface area (TPSA) is 59.8 Å². The van der Waals surface area contributed by atoms with Gasteiger partial charge in [-0.15, -0.1) is 0 Å². The fraction of sp³-hybridized carbons (Fsp3) is 0.853. The fourth-order valence-corrected chi connectivity index (χ4v) is 8.98. The summed E-state index contributed by atoms with van der Waals surface area (Å²) in [5, 5.41) is 26.3. The third-order valence-corrected chi connectivity index (χ3v) is 10.8. The number of rotatable bonds is 12. The lowest BCUT2D eigenvalue weighted by atomic mass is 9.63. The van der Waals surface area contributed by atoms with Gasteiger partial charge in [-0.25, -0.2) is 0 Å². The molecule has 1 heterocycles. The number of pyridine rings is 1. The standard InChI is InChI=1S/C34H59N3O2/c1-25(2)32(31-15-9-10-18-35-31)37(39)33(5,6)24-30-14-8-7-13-29(30)21-26(3)16-19-36(38)34-17-11-12-28(23-34)20-27(4)22-34/h9-10,15,18,25-30,32,38-39H,7-8,11-14,16-17,19-24H2,1-6H3. The quantitative estimate of drug-likeness (QED) is 0.259. The van der Waals surface area contributed by atoms with Gasteiger partial charge in [0.1, 0.15) is 0 Å². The van der Waals surface area contributed by atoms with E-state index in [0.29, 0.717) is 17.8 Å². The average Bonchev–Trinajstić information content (AvgIpc) is 2.88. The van der Waals surface area contributed by atoms with Crippen molar-refractivity contribution in [1.82, 2.24) is 15.1 Å². The van der Waals surface area contributed by atoms with Gasteiger partial charge in [-0.2, -0.15) is 10.1 Å². The monoisotopic (exact) mass is 541 g/mol. The number of hydroxylamine groups is 4. The molecule has 1 aromatic heterocycles. The van der Waals surface area contributed by atoms with Crippen molar-refractivity contribution >= 4 is 0 Å². The van der Waals surface area contributed by atoms with Crippen molar-refractivity contribution in [3.05, 3.63) is 30.1 Å². The Morgan fingerprint density at radius 2 is 1.77 bits per heavy atom. The molecule has 5 nitrogen and oxygen atoms in total. The van der Waals surface area contributed by atoms with Crippen molar-refractivity contribution in [2.45, 2.75) is 142 Å². The summed E-state index contributed by atoms with van der Waals surface area (Å²) in [6.45, 7) is 14.4. The zero-order valence-electron chi connectivity index (χ0n) is 26.0. The highest BCUT2D eigenvalue weighted by atomic mass is 16.5. The zero-order chi connectivity index (χ0) is 28.2. The number of aromatic nitrogens is 1. The third kappa shape index (κ3) is 7.64. The largest absolute Gasteiger partial charge is 0.313 e. The van der Waals surface area contributed by atoms with Crippen molar-refractivity contribution in [2.24, 2.45) is 35.5 Å². The molecule has 7 atom stereocenters. The van der Waals surface area contributed by atoms with Crippen LogP contribution in [0.5, 0.6) is 0 Å². The Kier molecular flexibility index (Phi) is 10.6. The Morgan fingerprint density at radius 1 is 1.03 bits per heavy atom. The summed E-state index contributed by atoms with van der Waals surface area (Å²) in [5.41, 5.74) is 0.663. The van der Waals surface area contributed by atoms with E-state index in [0.717, 1.165) is 36.9 Å². The Morgan fingerprint density at radius 3 is 2.46 bits per heavy atom. The van der Waals surface area contributed by atoms with Crippen LogP contribution < -0.4 is 0 Å². The number of hydrogen-bond acceptors (Lipinski definition) is 5. The summed E-state index contributed by atoms with van der Waals surface area (Å²) in [6, 6.07) is 5.89. The van der Waals surface area contributed by atoms with Crippen LogP contribution in [0.2, 0.25) is 0 Å². The van der Waals surface area contributed by atoms with Gasteiger partial charge in [-0.3, -0.25) is 4.98 Å². The predicted octanol–water partition coefficient (Wildman–Crippen LogP) is 8.91. The summed E-state index contributed by atoms with van der Waals surface area (Å²) in [5.74, 6) is 3.75. The molecule has 0 spiro atoms. The normalized spacial score (nSPS) is 31.6. The molecule has 0 radical (unpaired) electrons. The molecule has 3 aliphatic carbocycles. The molecule has 0 aliphatic heterocycles. The van der Waals surface area contributed by atoms with Crippen LogP contribution in [0.15, 0.2) is 24.4 Å². The van der Waals surface area contributed by atoms with Crippen LogP contribution in [0.1, 0.15) is 137 Å². The lowest BCUT2D eigenvalue weighted by Crippen LogP contribution is -2.54. The molecule has 0 saturated heterocycles. The molecule has 3 aliphatic rings. The molecule has 3 fully saturated rings. The maximum absolute atomic E-state index is 11.6. The third-order valence-electron chi connectivity index (χ3n) is 10.8. The maximum Gasteiger partial charge on any atom is 0.0800 e. The Balaban J connectivity index is 1.34. The van der Waals surface area contributed by atoms with Crippen LogP contribution >= 0.6 is 0 Å². The molecule has 39 heavy (non-hydrogen) atoms. The van der Waals surface area contributed by atoms with Gasteiger partial charge in [0, 0.05) is 23.8 Å². The Hall–Kier alpha value is -1.01. The smallest absolute Gasteiger partial charge is 0.0800 e. The summed E-state index contributed by atoms with van der Waals surface area (Å²) < 4.78 is 0. The number of fused-ring (bicyclic) bond motifs is 2. The number of hydrogen-bond donors (Lipinski definition) is 2. The molecule has 3 saturated carbocycles. The first-order valence-electron chi connectivity index (χ1n) is 16.4. The second-order valence-corrected chi connectivity index (χ2v) is 15.1. The van der Waals surface area contributed by atoms with Gasteiger partial charge in [0.05, 0.1) is 11.7 Å². The van der Waals surface area contributed by atoms with E-state index in [9.17, 15) is 10.4 Å². The van der Waals surface area contributed by atoms with E-state index in [4.69, 9.17) is 0 Å². The van der Waals surface area contributed by atoms with Gasteiger partial charge in [-0.1, -0.05) is 72.3 Å². The summed E-state index contributed by atoms with van der Waals surface area (Å²) >= 11 is 0. The molecule has 1 aromatic rings. The van der Waals surface area contributed by atoms with E-state index >= 15 is 0 Å². The molecular formula is C34H59N3O2. The van der Waals surface area contributed by atoms with Gasteiger partial charge < -0.3 is 10.4 Å². The summed E-state index contributed by atoms with van der Waals surface area (Å²) in [7, 11) is 0. The Bertz CT molecular complexity index is 872. The van der Waals surface area contributed by atoms with Crippen molar-refractivity contribution in [3.8, 4) is 0 Å². The average molecular weight is 542 g/mol. The van der Waals surface area contributed by atoms with E-state index in [2.05, 4.69) is 46.5 Å². The highest BCUT2D eigenvalue weighted by Gasteiger charge is 2.46. The van der Waals surface area contributed by atoms with E-state index in [1.54, 1.807) is 10.1 Å². The Labute approximate surface area is 239 Å². The van der Waals surface area contributed by atoms with Gasteiger partial charge in [-0.05, 0) is 106 Å². The first kappa shape index (κ1) is 30.9. The molecule has 7 unspecified atom stereocenters. The maximum atomic E-state index is 11.6. The van der Waals surface area contributed by atoms with E-state index < -0.39 is 0 Å². The van der Waals surface area contributed by atoms with Crippen LogP contribution in [0.4, 0.5) is 0 Å². The second-order valence-electron chi connectivity index (χ2n) is 15.1. The predicted molar refractivity (Wildman–Crippen MR) is 160 cm³/mol. The van der Waals surface area contributed by atoms with Gasteiger partial charge in [0.15, 0.2) is 0 Å². The zero-order valence-corrected chi connectivity index (χ0v) is 26.0. The lowest BCUT2D eigenvalue weighted by Gasteiger charge is -2.51. The minimum Gasteiger partial charge on any atom is -0.313 e. The second kappa shape index (κ2) is 13.3. The van der Waals surface area contributed by atoms with Crippen molar-refractivity contribution in [3.63, 3.8) is 0 Å². The first-order valence-corrected chi connectivity index (χ1v) is 16.4. The molecule has 4 rings (SSSR count). The number of nitrogens with zero attached hydrogens (tertiary/aromatic N) is 3.